The monoisotopic (exact) mass is 352 g/mol. The number of carbonyl (C=O) groups is 2. The van der Waals surface area contributed by atoms with E-state index in [1.165, 1.54) is 0 Å². The van der Waals surface area contributed by atoms with Crippen molar-refractivity contribution < 1.29 is 9.59 Å². The average Bonchev–Trinajstić information content (AvgIpc) is 2.94. The Labute approximate surface area is 152 Å². The fraction of sp³-hybridized carbons (Fsp3) is 0.895. The number of carbonyl (C=O) groups excluding carboxylic acids is 2. The molecule has 0 unspecified atom stereocenters. The van der Waals surface area contributed by atoms with Crippen LogP contribution in [0, 0.1) is 0 Å². The van der Waals surface area contributed by atoms with Crippen LogP contribution in [0.2, 0.25) is 0 Å². The Morgan fingerprint density at radius 1 is 1.04 bits per heavy atom. The third kappa shape index (κ3) is 5.68. The lowest BCUT2D eigenvalue weighted by Gasteiger charge is -2.42. The second-order valence-corrected chi connectivity index (χ2v) is 8.23. The molecule has 2 saturated heterocycles. The minimum Gasteiger partial charge on any atom is -0.356 e. The Hall–Kier alpha value is -1.14. The Bertz CT molecular complexity index is 466. The fourth-order valence-electron chi connectivity index (χ4n) is 4.21. The van der Waals surface area contributed by atoms with Crippen LogP contribution in [0.4, 0.5) is 0 Å². The molecular weight excluding hydrogens is 316 g/mol. The van der Waals surface area contributed by atoms with Gasteiger partial charge in [-0.15, -0.1) is 0 Å². The van der Waals surface area contributed by atoms with Gasteiger partial charge in [0.2, 0.25) is 11.8 Å². The van der Waals surface area contributed by atoms with Crippen LogP contribution >= 0.6 is 0 Å². The van der Waals surface area contributed by atoms with Crippen LogP contribution < -0.4 is 10.6 Å². The van der Waals surface area contributed by atoms with Crippen molar-refractivity contribution in [1.82, 2.24) is 20.4 Å². The Morgan fingerprint density at radius 3 is 2.28 bits per heavy atom. The van der Waals surface area contributed by atoms with Gasteiger partial charge in [0.15, 0.2) is 0 Å². The van der Waals surface area contributed by atoms with E-state index in [1.54, 1.807) is 0 Å². The number of hydrogen-bond acceptors (Lipinski definition) is 4. The summed E-state index contributed by atoms with van der Waals surface area (Å²) in [5, 5.41) is 6.03. The molecular formula is C19H36N4O2. The van der Waals surface area contributed by atoms with E-state index >= 15 is 0 Å². The normalized spacial score (nSPS) is 25.8. The first-order chi connectivity index (χ1) is 11.8. The van der Waals surface area contributed by atoms with E-state index in [-0.39, 0.29) is 17.9 Å². The van der Waals surface area contributed by atoms with Crippen molar-refractivity contribution in [3.8, 4) is 0 Å². The summed E-state index contributed by atoms with van der Waals surface area (Å²) in [5.74, 6) is 0.349. The number of piperidine rings is 1. The van der Waals surface area contributed by atoms with Crippen molar-refractivity contribution in [2.24, 2.45) is 0 Å². The molecule has 0 saturated carbocycles. The molecule has 0 aromatic rings. The van der Waals surface area contributed by atoms with Crippen LogP contribution in [0.1, 0.15) is 60.3 Å². The van der Waals surface area contributed by atoms with Gasteiger partial charge in [-0.25, -0.2) is 0 Å². The maximum absolute atomic E-state index is 11.8. The summed E-state index contributed by atoms with van der Waals surface area (Å²) < 4.78 is 0. The van der Waals surface area contributed by atoms with E-state index in [1.807, 2.05) is 0 Å². The maximum atomic E-state index is 11.8. The number of hydrogen-bond donors (Lipinski definition) is 2. The van der Waals surface area contributed by atoms with Crippen molar-refractivity contribution in [3.05, 3.63) is 0 Å². The number of amides is 2. The van der Waals surface area contributed by atoms with Gasteiger partial charge in [0.05, 0.1) is 0 Å². The molecule has 3 atom stereocenters. The fourth-order valence-corrected chi connectivity index (χ4v) is 4.21. The summed E-state index contributed by atoms with van der Waals surface area (Å²) in [6.07, 6.45) is 3.22. The first-order valence-corrected chi connectivity index (χ1v) is 9.85. The van der Waals surface area contributed by atoms with Crippen LogP contribution in [0.25, 0.3) is 0 Å². The molecule has 2 fully saturated rings. The lowest BCUT2D eigenvalue weighted by molar-refractivity contribution is -0.124. The van der Waals surface area contributed by atoms with E-state index in [9.17, 15) is 9.59 Å². The number of nitrogens with zero attached hydrogens (tertiary/aromatic N) is 2. The summed E-state index contributed by atoms with van der Waals surface area (Å²) in [6, 6.07) is 1.82. The van der Waals surface area contributed by atoms with Crippen LogP contribution in [-0.2, 0) is 9.59 Å². The summed E-state index contributed by atoms with van der Waals surface area (Å²) in [7, 11) is 0. The highest BCUT2D eigenvalue weighted by Crippen LogP contribution is 2.19. The molecule has 0 radical (unpaired) electrons. The highest BCUT2D eigenvalue weighted by Gasteiger charge is 2.31. The number of rotatable bonds is 8. The zero-order valence-electron chi connectivity index (χ0n) is 16.5. The van der Waals surface area contributed by atoms with Crippen LogP contribution in [0.15, 0.2) is 0 Å². The SMILES string of the molecule is CC(C)N(C[C@@H](C)N(C[C@H]1CCC(=O)N1)C(C)C)[C@@H]1CCNC(=O)C1. The van der Waals surface area contributed by atoms with Crippen molar-refractivity contribution in [3.63, 3.8) is 0 Å². The molecule has 0 spiro atoms. The standard InChI is InChI=1S/C19H36N4O2/c1-13(2)22(12-16-6-7-18(24)21-16)15(5)11-23(14(3)4)17-8-9-20-19(25)10-17/h13-17H,6-12H2,1-5H3,(H,20,25)(H,21,24)/t15-,16-,17-/m1/s1. The maximum Gasteiger partial charge on any atom is 0.221 e. The molecule has 25 heavy (non-hydrogen) atoms. The van der Waals surface area contributed by atoms with E-state index in [2.05, 4.69) is 55.1 Å². The third-order valence-electron chi connectivity index (χ3n) is 5.57. The molecule has 0 aromatic carbocycles. The molecule has 2 N–H and O–H groups in total. The van der Waals surface area contributed by atoms with Gasteiger partial charge < -0.3 is 10.6 Å². The molecule has 2 aliphatic heterocycles. The molecule has 144 valence electrons. The Balaban J connectivity index is 1.99. The lowest BCUT2D eigenvalue weighted by atomic mass is 10.0. The van der Waals surface area contributed by atoms with Gasteiger partial charge in [-0.3, -0.25) is 19.4 Å². The first-order valence-electron chi connectivity index (χ1n) is 9.85. The zero-order chi connectivity index (χ0) is 18.6. The molecule has 6 heteroatoms. The zero-order valence-corrected chi connectivity index (χ0v) is 16.5. The molecule has 2 aliphatic rings. The van der Waals surface area contributed by atoms with Gasteiger partial charge in [0.1, 0.15) is 0 Å². The average molecular weight is 353 g/mol. The molecule has 0 aliphatic carbocycles. The van der Waals surface area contributed by atoms with Crippen molar-refractivity contribution >= 4 is 11.8 Å². The van der Waals surface area contributed by atoms with Crippen LogP contribution in [-0.4, -0.2) is 71.5 Å². The van der Waals surface area contributed by atoms with Crippen molar-refractivity contribution in [1.29, 1.82) is 0 Å². The van der Waals surface area contributed by atoms with Gasteiger partial charge in [0.25, 0.3) is 0 Å². The minimum absolute atomic E-state index is 0.170. The van der Waals surface area contributed by atoms with E-state index in [0.29, 0.717) is 37.0 Å². The molecule has 2 rings (SSSR count). The Kier molecular flexibility index (Phi) is 7.25. The van der Waals surface area contributed by atoms with Gasteiger partial charge in [0, 0.05) is 62.7 Å². The van der Waals surface area contributed by atoms with Crippen molar-refractivity contribution in [2.45, 2.75) is 90.5 Å². The molecule has 0 bridgehead atoms. The lowest BCUT2D eigenvalue weighted by Crippen LogP contribution is -2.55. The van der Waals surface area contributed by atoms with Crippen molar-refractivity contribution in [2.75, 3.05) is 19.6 Å². The summed E-state index contributed by atoms with van der Waals surface area (Å²) in [4.78, 5) is 28.3. The van der Waals surface area contributed by atoms with E-state index in [0.717, 1.165) is 32.5 Å². The van der Waals surface area contributed by atoms with Crippen LogP contribution in [0.3, 0.4) is 0 Å². The first kappa shape index (κ1) is 20.2. The summed E-state index contributed by atoms with van der Waals surface area (Å²) in [5.41, 5.74) is 0. The predicted molar refractivity (Wildman–Crippen MR) is 100 cm³/mol. The summed E-state index contributed by atoms with van der Waals surface area (Å²) in [6.45, 7) is 13.8. The van der Waals surface area contributed by atoms with Gasteiger partial charge >= 0.3 is 0 Å². The highest BCUT2D eigenvalue weighted by atomic mass is 16.2. The smallest absolute Gasteiger partial charge is 0.221 e. The predicted octanol–water partition coefficient (Wildman–Crippen LogP) is 1.35. The molecule has 2 amide bonds. The number of nitrogens with one attached hydrogen (secondary N) is 2. The summed E-state index contributed by atoms with van der Waals surface area (Å²) >= 11 is 0. The second kappa shape index (κ2) is 8.99. The molecule has 6 nitrogen and oxygen atoms in total. The minimum atomic E-state index is 0.170. The molecule has 2 heterocycles. The van der Waals surface area contributed by atoms with Gasteiger partial charge in [-0.1, -0.05) is 0 Å². The second-order valence-electron chi connectivity index (χ2n) is 8.23. The van der Waals surface area contributed by atoms with Gasteiger partial charge in [-0.2, -0.15) is 0 Å². The van der Waals surface area contributed by atoms with E-state index in [4.69, 9.17) is 0 Å². The highest BCUT2D eigenvalue weighted by molar-refractivity contribution is 5.78. The third-order valence-corrected chi connectivity index (χ3v) is 5.57. The molecule has 0 aromatic heterocycles. The Morgan fingerprint density at radius 2 is 1.76 bits per heavy atom. The largest absolute Gasteiger partial charge is 0.356 e. The van der Waals surface area contributed by atoms with Gasteiger partial charge in [-0.05, 0) is 47.5 Å². The van der Waals surface area contributed by atoms with E-state index < -0.39 is 0 Å². The topological polar surface area (TPSA) is 64.7 Å². The van der Waals surface area contributed by atoms with Crippen LogP contribution in [0.5, 0.6) is 0 Å². The quantitative estimate of drug-likeness (QED) is 0.692.